The predicted molar refractivity (Wildman–Crippen MR) is 77.1 cm³/mol. The Morgan fingerprint density at radius 3 is 2.76 bits per heavy atom. The molecule has 1 amide bonds. The Hall–Kier alpha value is -2.42. The molecule has 0 fully saturated rings. The normalized spacial score (nSPS) is 10.5. The number of hydrogen-bond donors (Lipinski definition) is 3. The lowest BCUT2D eigenvalue weighted by atomic mass is 10.3. The average Bonchev–Trinajstić information content (AvgIpc) is 2.82. The van der Waals surface area contributed by atoms with Crippen LogP contribution in [0.15, 0.2) is 24.3 Å². The molecule has 0 aliphatic heterocycles. The molecule has 0 atom stereocenters. The maximum Gasteiger partial charge on any atom is 0.387 e. The van der Waals surface area contributed by atoms with E-state index in [2.05, 4.69) is 20.4 Å². The smallest absolute Gasteiger partial charge is 0.387 e. The van der Waals surface area contributed by atoms with Gasteiger partial charge in [-0.2, -0.15) is 8.78 Å². The molecule has 0 bridgehead atoms. The van der Waals surface area contributed by atoms with E-state index in [-0.39, 0.29) is 22.1 Å². The minimum atomic E-state index is -2.98. The van der Waals surface area contributed by atoms with Gasteiger partial charge in [0.15, 0.2) is 5.13 Å². The second kappa shape index (κ2) is 6.35. The minimum absolute atomic E-state index is 0.0640. The van der Waals surface area contributed by atoms with Crippen molar-refractivity contribution in [3.63, 3.8) is 0 Å². The van der Waals surface area contributed by atoms with Crippen LogP contribution in [0.2, 0.25) is 0 Å². The zero-order valence-corrected chi connectivity index (χ0v) is 11.7. The molecular weight excluding hydrogens is 302 g/mol. The van der Waals surface area contributed by atoms with Gasteiger partial charge in [0, 0.05) is 7.05 Å². The Morgan fingerprint density at radius 1 is 1.43 bits per heavy atom. The lowest BCUT2D eigenvalue weighted by molar-refractivity contribution is -0.0493. The van der Waals surface area contributed by atoms with Crippen LogP contribution in [0.1, 0.15) is 9.67 Å². The summed E-state index contributed by atoms with van der Waals surface area (Å²) >= 11 is 1.06. The third-order valence-electron chi connectivity index (χ3n) is 2.42. The number of anilines is 3. The van der Waals surface area contributed by atoms with Crippen molar-refractivity contribution in [3.8, 4) is 5.75 Å². The summed E-state index contributed by atoms with van der Waals surface area (Å²) in [7, 11) is 1.64. The fourth-order valence-corrected chi connectivity index (χ4v) is 2.28. The van der Waals surface area contributed by atoms with Gasteiger partial charge < -0.3 is 21.1 Å². The summed E-state index contributed by atoms with van der Waals surface area (Å²) in [6.07, 6.45) is 0. The summed E-state index contributed by atoms with van der Waals surface area (Å²) < 4.78 is 28.9. The predicted octanol–water partition coefficient (Wildman–Crippen LogP) is 2.62. The number of benzene rings is 1. The highest BCUT2D eigenvalue weighted by Crippen LogP contribution is 2.29. The van der Waals surface area contributed by atoms with Crippen molar-refractivity contribution in [2.24, 2.45) is 0 Å². The van der Waals surface area contributed by atoms with E-state index in [0.29, 0.717) is 5.13 Å². The standard InChI is InChI=1S/C12H12F2N4O2S/c1-16-12-18-9(15)8(21-12)10(19)17-6-4-2-3-5-7(6)20-11(13)14/h2-5,11H,15H2,1H3,(H,16,18)(H,17,19). The third-order valence-corrected chi connectivity index (χ3v) is 3.51. The van der Waals surface area contributed by atoms with Gasteiger partial charge in [-0.15, -0.1) is 0 Å². The molecule has 2 aromatic rings. The van der Waals surface area contributed by atoms with E-state index < -0.39 is 12.5 Å². The highest BCUT2D eigenvalue weighted by molar-refractivity contribution is 7.18. The van der Waals surface area contributed by atoms with Crippen LogP contribution in [0.3, 0.4) is 0 Å². The van der Waals surface area contributed by atoms with E-state index in [9.17, 15) is 13.6 Å². The number of nitrogens with zero attached hydrogens (tertiary/aromatic N) is 1. The summed E-state index contributed by atoms with van der Waals surface area (Å²) in [6.45, 7) is -2.98. The highest BCUT2D eigenvalue weighted by atomic mass is 32.1. The van der Waals surface area contributed by atoms with Crippen LogP contribution in [-0.2, 0) is 0 Å². The molecule has 4 N–H and O–H groups in total. The Labute approximate surface area is 122 Å². The van der Waals surface area contributed by atoms with Crippen molar-refractivity contribution in [2.75, 3.05) is 23.4 Å². The van der Waals surface area contributed by atoms with Crippen LogP contribution in [0.25, 0.3) is 0 Å². The Morgan fingerprint density at radius 2 is 2.14 bits per heavy atom. The number of carbonyl (C=O) groups excluding carboxylic acids is 1. The number of ether oxygens (including phenoxy) is 1. The van der Waals surface area contributed by atoms with Crippen LogP contribution in [0, 0.1) is 0 Å². The molecular formula is C12H12F2N4O2S. The summed E-state index contributed by atoms with van der Waals surface area (Å²) in [5.74, 6) is -0.608. The topological polar surface area (TPSA) is 89.3 Å². The van der Waals surface area contributed by atoms with Gasteiger partial charge in [-0.3, -0.25) is 4.79 Å². The van der Waals surface area contributed by atoms with Gasteiger partial charge in [0.25, 0.3) is 5.91 Å². The first-order valence-electron chi connectivity index (χ1n) is 5.80. The number of nitrogens with one attached hydrogen (secondary N) is 2. The second-order valence-corrected chi connectivity index (χ2v) is 4.81. The number of thiazole rings is 1. The fourth-order valence-electron chi connectivity index (χ4n) is 1.55. The summed E-state index contributed by atoms with van der Waals surface area (Å²) in [4.78, 5) is 16.2. The van der Waals surface area contributed by atoms with Crippen molar-refractivity contribution in [3.05, 3.63) is 29.1 Å². The highest BCUT2D eigenvalue weighted by Gasteiger charge is 2.18. The van der Waals surface area contributed by atoms with Crippen molar-refractivity contribution in [1.82, 2.24) is 4.98 Å². The number of alkyl halides is 2. The van der Waals surface area contributed by atoms with Gasteiger partial charge in [0.05, 0.1) is 5.69 Å². The van der Waals surface area contributed by atoms with E-state index in [1.165, 1.54) is 18.2 Å². The number of hydrogen-bond acceptors (Lipinski definition) is 6. The average molecular weight is 314 g/mol. The zero-order valence-electron chi connectivity index (χ0n) is 10.9. The molecule has 0 saturated carbocycles. The lowest BCUT2D eigenvalue weighted by Crippen LogP contribution is -2.14. The van der Waals surface area contributed by atoms with E-state index in [1.54, 1.807) is 13.1 Å². The molecule has 0 spiro atoms. The van der Waals surface area contributed by atoms with Crippen molar-refractivity contribution in [2.45, 2.75) is 6.61 Å². The molecule has 112 valence electrons. The van der Waals surface area contributed by atoms with Crippen molar-refractivity contribution >= 4 is 33.9 Å². The number of nitrogens with two attached hydrogens (primary N) is 1. The molecule has 21 heavy (non-hydrogen) atoms. The number of rotatable bonds is 5. The number of halogens is 2. The van der Waals surface area contributed by atoms with Gasteiger partial charge in [0.1, 0.15) is 16.4 Å². The first kappa shape index (κ1) is 15.0. The molecule has 0 radical (unpaired) electrons. The molecule has 9 heteroatoms. The van der Waals surface area contributed by atoms with Crippen LogP contribution in [-0.4, -0.2) is 24.6 Å². The van der Waals surface area contributed by atoms with Crippen LogP contribution < -0.4 is 21.1 Å². The Bertz CT molecular complexity index is 648. The number of para-hydroxylation sites is 2. The van der Waals surface area contributed by atoms with Crippen LogP contribution in [0.5, 0.6) is 5.75 Å². The van der Waals surface area contributed by atoms with E-state index >= 15 is 0 Å². The van der Waals surface area contributed by atoms with Gasteiger partial charge in [-0.25, -0.2) is 4.98 Å². The van der Waals surface area contributed by atoms with Crippen molar-refractivity contribution in [1.29, 1.82) is 0 Å². The minimum Gasteiger partial charge on any atom is -0.433 e. The van der Waals surface area contributed by atoms with Crippen LogP contribution in [0.4, 0.5) is 25.4 Å². The summed E-state index contributed by atoms with van der Waals surface area (Å²) in [5.41, 5.74) is 5.76. The van der Waals surface area contributed by atoms with Gasteiger partial charge in [-0.1, -0.05) is 23.5 Å². The SMILES string of the molecule is CNc1nc(N)c(C(=O)Nc2ccccc2OC(F)F)s1. The molecule has 6 nitrogen and oxygen atoms in total. The van der Waals surface area contributed by atoms with Gasteiger partial charge in [-0.05, 0) is 12.1 Å². The Kier molecular flexibility index (Phi) is 4.53. The number of aromatic nitrogens is 1. The number of amides is 1. The number of nitrogen functional groups attached to an aromatic ring is 1. The molecule has 1 heterocycles. The largest absolute Gasteiger partial charge is 0.433 e. The van der Waals surface area contributed by atoms with Gasteiger partial charge in [0.2, 0.25) is 0 Å². The molecule has 0 aliphatic rings. The first-order chi connectivity index (χ1) is 10.0. The molecule has 1 aromatic heterocycles. The second-order valence-electron chi connectivity index (χ2n) is 3.81. The fraction of sp³-hybridized carbons (Fsp3) is 0.167. The van der Waals surface area contributed by atoms with E-state index in [0.717, 1.165) is 11.3 Å². The van der Waals surface area contributed by atoms with Gasteiger partial charge >= 0.3 is 6.61 Å². The van der Waals surface area contributed by atoms with Crippen molar-refractivity contribution < 1.29 is 18.3 Å². The monoisotopic (exact) mass is 314 g/mol. The lowest BCUT2D eigenvalue weighted by Gasteiger charge is -2.11. The summed E-state index contributed by atoms with van der Waals surface area (Å²) in [6, 6.07) is 5.89. The first-order valence-corrected chi connectivity index (χ1v) is 6.62. The molecule has 0 saturated heterocycles. The quantitative estimate of drug-likeness (QED) is 0.789. The van der Waals surface area contributed by atoms with Crippen LogP contribution >= 0.6 is 11.3 Å². The third kappa shape index (κ3) is 3.57. The van der Waals surface area contributed by atoms with E-state index in [4.69, 9.17) is 5.73 Å². The Balaban J connectivity index is 2.21. The number of carbonyl (C=O) groups is 1. The molecule has 2 rings (SSSR count). The zero-order chi connectivity index (χ0) is 15.4. The summed E-state index contributed by atoms with van der Waals surface area (Å²) in [5, 5.41) is 5.73. The van der Waals surface area contributed by atoms with E-state index in [1.807, 2.05) is 0 Å². The molecule has 0 unspecified atom stereocenters. The maximum absolute atomic E-state index is 12.3. The maximum atomic E-state index is 12.3. The molecule has 1 aromatic carbocycles. The molecule has 0 aliphatic carbocycles.